The summed E-state index contributed by atoms with van der Waals surface area (Å²) < 4.78 is 0. The first-order valence-electron chi connectivity index (χ1n) is 9.28. The van der Waals surface area contributed by atoms with E-state index < -0.39 is 11.6 Å². The van der Waals surface area contributed by atoms with Crippen LogP contribution in [-0.2, 0) is 9.59 Å². The summed E-state index contributed by atoms with van der Waals surface area (Å²) in [6, 6.07) is 0. The van der Waals surface area contributed by atoms with E-state index in [-0.39, 0.29) is 27.9 Å². The molecule has 0 aromatic rings. The fourth-order valence-corrected chi connectivity index (χ4v) is 5.52. The normalized spacial score (nSPS) is 39.3. The molecule has 0 spiro atoms. The minimum absolute atomic E-state index is 0.00229. The van der Waals surface area contributed by atoms with Crippen molar-refractivity contribution in [3.63, 3.8) is 0 Å². The van der Waals surface area contributed by atoms with Crippen LogP contribution in [0.1, 0.15) is 59.3 Å². The number of aliphatic hydroxyl groups excluding tert-OH is 1. The van der Waals surface area contributed by atoms with Gasteiger partial charge in [-0.05, 0) is 61.2 Å². The van der Waals surface area contributed by atoms with Gasteiger partial charge in [0.1, 0.15) is 5.76 Å². The second kappa shape index (κ2) is 5.86. The molecule has 2 fully saturated rings. The van der Waals surface area contributed by atoms with E-state index >= 15 is 0 Å². The molecule has 0 aromatic heterocycles. The first-order valence-corrected chi connectivity index (χ1v) is 9.28. The average molecular weight is 343 g/mol. The van der Waals surface area contributed by atoms with Crippen LogP contribution < -0.4 is 5.73 Å². The largest absolute Gasteiger partial charge is 0.505 e. The van der Waals surface area contributed by atoms with Crippen LogP contribution in [0.3, 0.4) is 0 Å². The highest BCUT2D eigenvalue weighted by Crippen LogP contribution is 2.63. The first kappa shape index (κ1) is 18.0. The highest BCUT2D eigenvalue weighted by atomic mass is 16.3. The Morgan fingerprint density at radius 3 is 2.68 bits per heavy atom. The van der Waals surface area contributed by atoms with Gasteiger partial charge in [-0.1, -0.05) is 32.9 Å². The molecule has 136 valence electrons. The van der Waals surface area contributed by atoms with Gasteiger partial charge >= 0.3 is 0 Å². The predicted molar refractivity (Wildman–Crippen MR) is 97.6 cm³/mol. The van der Waals surface area contributed by atoms with Crippen LogP contribution in [0.5, 0.6) is 0 Å². The van der Waals surface area contributed by atoms with Gasteiger partial charge in [0.05, 0.1) is 5.70 Å². The summed E-state index contributed by atoms with van der Waals surface area (Å²) in [4.78, 5) is 24.3. The van der Waals surface area contributed by atoms with E-state index in [1.54, 1.807) is 0 Å². The lowest BCUT2D eigenvalue weighted by Gasteiger charge is -2.59. The Hall–Kier alpha value is -1.84. The number of Topliss-reactive ketones (excluding diaryl/α,β-unsaturated/α-hetero) is 1. The highest BCUT2D eigenvalue weighted by molar-refractivity contribution is 6.48. The van der Waals surface area contributed by atoms with E-state index in [2.05, 4.69) is 27.4 Å². The van der Waals surface area contributed by atoms with Crippen molar-refractivity contribution in [2.24, 2.45) is 28.4 Å². The summed E-state index contributed by atoms with van der Waals surface area (Å²) in [5, 5.41) is 10.4. The van der Waals surface area contributed by atoms with E-state index in [1.165, 1.54) is 5.57 Å². The van der Waals surface area contributed by atoms with Crippen LogP contribution in [0.15, 0.2) is 35.3 Å². The van der Waals surface area contributed by atoms with Gasteiger partial charge < -0.3 is 10.8 Å². The summed E-state index contributed by atoms with van der Waals surface area (Å²) in [7, 11) is 0. The molecule has 3 N–H and O–H groups in total. The van der Waals surface area contributed by atoms with Crippen LogP contribution in [0.4, 0.5) is 0 Å². The van der Waals surface area contributed by atoms with Gasteiger partial charge in [0.2, 0.25) is 11.6 Å². The Balaban J connectivity index is 2.03. The van der Waals surface area contributed by atoms with Gasteiger partial charge in [0, 0.05) is 11.6 Å². The summed E-state index contributed by atoms with van der Waals surface area (Å²) >= 11 is 0. The summed E-state index contributed by atoms with van der Waals surface area (Å²) in [6.07, 6.45) is 6.88. The molecular formula is C21H29NO3. The summed E-state index contributed by atoms with van der Waals surface area (Å²) in [5.74, 6) is -0.665. The van der Waals surface area contributed by atoms with Gasteiger partial charge in [-0.25, -0.2) is 0 Å². The topological polar surface area (TPSA) is 80.4 Å². The van der Waals surface area contributed by atoms with Crippen molar-refractivity contribution >= 4 is 11.6 Å². The lowest BCUT2D eigenvalue weighted by atomic mass is 9.46. The summed E-state index contributed by atoms with van der Waals surface area (Å²) in [6.45, 7) is 11.1. The quantitative estimate of drug-likeness (QED) is 0.451. The van der Waals surface area contributed by atoms with Crippen molar-refractivity contribution in [2.75, 3.05) is 0 Å². The predicted octanol–water partition coefficient (Wildman–Crippen LogP) is 3.98. The Bertz CT molecular complexity index is 717. The third-order valence-electron chi connectivity index (χ3n) is 7.47. The number of hydrogen-bond donors (Lipinski definition) is 2. The van der Waals surface area contributed by atoms with Crippen molar-refractivity contribution in [2.45, 2.75) is 59.3 Å². The number of carbonyl (C=O) groups excluding carboxylic acids is 2. The second-order valence-corrected chi connectivity index (χ2v) is 8.71. The standard InChI is InChI=1S/C21H29NO3/c1-12-6-5-7-17-20(12,3)9-8-13(2)21(17,4)11-14-18(24)15(22)10-16(23)19(14)25/h10,13,17,24H,1,5-9,11,22H2,2-4H3/t13-,17+,20+,21+/m1/s1. The van der Waals surface area contributed by atoms with Gasteiger partial charge in [-0.3, -0.25) is 9.59 Å². The zero-order chi connectivity index (χ0) is 18.6. The van der Waals surface area contributed by atoms with Crippen LogP contribution in [0.25, 0.3) is 0 Å². The summed E-state index contributed by atoms with van der Waals surface area (Å²) in [5.41, 5.74) is 7.15. The Morgan fingerprint density at radius 1 is 1.32 bits per heavy atom. The number of rotatable bonds is 2. The van der Waals surface area contributed by atoms with Crippen LogP contribution in [0.2, 0.25) is 0 Å². The molecule has 0 saturated heterocycles. The van der Waals surface area contributed by atoms with Crippen LogP contribution >= 0.6 is 0 Å². The fraction of sp³-hybridized carbons (Fsp3) is 0.619. The smallest absolute Gasteiger partial charge is 0.232 e. The minimum Gasteiger partial charge on any atom is -0.505 e. The maximum atomic E-state index is 12.4. The molecule has 2 saturated carbocycles. The van der Waals surface area contributed by atoms with E-state index in [4.69, 9.17) is 5.73 Å². The maximum absolute atomic E-state index is 12.4. The molecule has 0 aromatic carbocycles. The molecule has 0 bridgehead atoms. The van der Waals surface area contributed by atoms with Gasteiger partial charge in [0.25, 0.3) is 0 Å². The van der Waals surface area contributed by atoms with E-state index in [9.17, 15) is 14.7 Å². The van der Waals surface area contributed by atoms with Crippen molar-refractivity contribution in [1.29, 1.82) is 0 Å². The van der Waals surface area contributed by atoms with Crippen molar-refractivity contribution in [3.05, 3.63) is 35.3 Å². The maximum Gasteiger partial charge on any atom is 0.232 e. The van der Waals surface area contributed by atoms with Crippen molar-refractivity contribution < 1.29 is 14.7 Å². The molecule has 0 radical (unpaired) electrons. The van der Waals surface area contributed by atoms with Crippen molar-refractivity contribution in [1.82, 2.24) is 0 Å². The number of hydrogen-bond acceptors (Lipinski definition) is 4. The molecule has 25 heavy (non-hydrogen) atoms. The first-order chi connectivity index (χ1) is 11.6. The molecular weight excluding hydrogens is 314 g/mol. The molecule has 4 atom stereocenters. The lowest BCUT2D eigenvalue weighted by molar-refractivity contribution is -0.132. The molecule has 0 heterocycles. The van der Waals surface area contributed by atoms with Crippen molar-refractivity contribution in [3.8, 4) is 0 Å². The van der Waals surface area contributed by atoms with E-state index in [1.807, 2.05) is 0 Å². The van der Waals surface area contributed by atoms with Gasteiger partial charge in [-0.2, -0.15) is 0 Å². The number of nitrogens with two attached hydrogens (primary N) is 1. The number of fused-ring (bicyclic) bond motifs is 1. The monoisotopic (exact) mass is 343 g/mol. The number of allylic oxidation sites excluding steroid dienone is 3. The molecule has 0 unspecified atom stereocenters. The third kappa shape index (κ3) is 2.57. The number of aliphatic hydroxyl groups is 1. The molecule has 3 aliphatic rings. The average Bonchev–Trinajstić information content (AvgIpc) is 2.56. The number of carbonyl (C=O) groups is 2. The lowest BCUT2D eigenvalue weighted by Crippen LogP contribution is -2.51. The molecule has 4 heteroatoms. The highest BCUT2D eigenvalue weighted by Gasteiger charge is 2.54. The van der Waals surface area contributed by atoms with E-state index in [0.717, 1.165) is 38.2 Å². The fourth-order valence-electron chi connectivity index (χ4n) is 5.52. The molecule has 3 aliphatic carbocycles. The molecule has 3 rings (SSSR count). The molecule has 4 nitrogen and oxygen atoms in total. The van der Waals surface area contributed by atoms with Crippen LogP contribution in [-0.4, -0.2) is 16.7 Å². The zero-order valence-corrected chi connectivity index (χ0v) is 15.5. The van der Waals surface area contributed by atoms with Gasteiger partial charge in [0.15, 0.2) is 0 Å². The second-order valence-electron chi connectivity index (χ2n) is 8.71. The minimum atomic E-state index is -0.631. The Kier molecular flexibility index (Phi) is 4.21. The van der Waals surface area contributed by atoms with Gasteiger partial charge in [-0.15, -0.1) is 0 Å². The van der Waals surface area contributed by atoms with Crippen LogP contribution in [0, 0.1) is 22.7 Å². The zero-order valence-electron chi connectivity index (χ0n) is 15.5. The third-order valence-corrected chi connectivity index (χ3v) is 7.47. The van der Waals surface area contributed by atoms with E-state index in [0.29, 0.717) is 18.3 Å². The Morgan fingerprint density at radius 2 is 2.00 bits per heavy atom. The SMILES string of the molecule is C=C1CCC[C@@H]2[C@@](C)(CC3=C(O)C(N)=CC(=O)C3=O)[C@H](C)CC[C@@]12C. The molecule has 0 amide bonds. The number of ketones is 2. The Labute approximate surface area is 149 Å². The molecule has 0 aliphatic heterocycles.